The van der Waals surface area contributed by atoms with Gasteiger partial charge < -0.3 is 20.2 Å². The van der Waals surface area contributed by atoms with E-state index in [1.807, 2.05) is 17.5 Å². The first-order chi connectivity index (χ1) is 12.5. The normalized spacial score (nSPS) is 14.2. The molecule has 3 amide bonds. The molecule has 2 aromatic rings. The first-order valence-corrected chi connectivity index (χ1v) is 9.10. The summed E-state index contributed by atoms with van der Waals surface area (Å²) in [5.74, 6) is -0.964. The van der Waals surface area contributed by atoms with Crippen LogP contribution in [0.15, 0.2) is 41.8 Å². The first kappa shape index (κ1) is 17.9. The van der Waals surface area contributed by atoms with Crippen molar-refractivity contribution >= 4 is 29.2 Å². The lowest BCUT2D eigenvalue weighted by Crippen LogP contribution is -2.53. The number of nitrogens with one attached hydrogen (secondary N) is 1. The summed E-state index contributed by atoms with van der Waals surface area (Å²) >= 11 is 1.42. The highest BCUT2D eigenvalue weighted by Crippen LogP contribution is 2.14. The summed E-state index contributed by atoms with van der Waals surface area (Å²) < 4.78 is 0. The van der Waals surface area contributed by atoms with Gasteiger partial charge in [-0.25, -0.2) is 9.59 Å². The van der Waals surface area contributed by atoms with Crippen molar-refractivity contribution < 1.29 is 19.5 Å². The van der Waals surface area contributed by atoms with Crippen LogP contribution in [0.3, 0.4) is 0 Å². The number of piperazine rings is 1. The number of carboxylic acids is 1. The summed E-state index contributed by atoms with van der Waals surface area (Å²) in [4.78, 5) is 39.6. The molecule has 1 aliphatic rings. The summed E-state index contributed by atoms with van der Waals surface area (Å²) in [5.41, 5.74) is 1.04. The van der Waals surface area contributed by atoms with E-state index in [9.17, 15) is 14.4 Å². The van der Waals surface area contributed by atoms with Gasteiger partial charge in [-0.15, -0.1) is 11.3 Å². The van der Waals surface area contributed by atoms with E-state index in [1.165, 1.54) is 23.5 Å². The molecule has 0 saturated carbocycles. The van der Waals surface area contributed by atoms with Gasteiger partial charge in [-0.2, -0.15) is 0 Å². The van der Waals surface area contributed by atoms with Crippen LogP contribution in [0.1, 0.15) is 25.6 Å². The topological polar surface area (TPSA) is 89.9 Å². The van der Waals surface area contributed by atoms with E-state index in [4.69, 9.17) is 5.11 Å². The molecule has 1 saturated heterocycles. The second-order valence-electron chi connectivity index (χ2n) is 5.92. The lowest BCUT2D eigenvalue weighted by Gasteiger charge is -2.34. The number of carbonyl (C=O) groups is 3. The molecule has 0 unspecified atom stereocenters. The Morgan fingerprint density at radius 3 is 2.23 bits per heavy atom. The Hall–Kier alpha value is -2.87. The predicted molar refractivity (Wildman–Crippen MR) is 97.4 cm³/mol. The van der Waals surface area contributed by atoms with Crippen LogP contribution in [0.4, 0.5) is 4.79 Å². The molecule has 7 nitrogen and oxygen atoms in total. The van der Waals surface area contributed by atoms with Crippen molar-refractivity contribution in [1.82, 2.24) is 15.1 Å². The van der Waals surface area contributed by atoms with Crippen LogP contribution in [0.2, 0.25) is 0 Å². The van der Waals surface area contributed by atoms with Crippen LogP contribution in [0, 0.1) is 0 Å². The number of thiophene rings is 1. The quantitative estimate of drug-likeness (QED) is 0.859. The Balaban J connectivity index is 1.46. The molecule has 1 aromatic heterocycles. The van der Waals surface area contributed by atoms with Crippen molar-refractivity contribution in [2.75, 3.05) is 26.2 Å². The number of nitrogens with zero attached hydrogens (tertiary/aromatic N) is 2. The second kappa shape index (κ2) is 8.01. The number of hydrogen-bond donors (Lipinski definition) is 2. The summed E-state index contributed by atoms with van der Waals surface area (Å²) in [7, 11) is 0. The maximum atomic E-state index is 12.3. The Bertz CT molecular complexity index is 781. The van der Waals surface area contributed by atoms with E-state index in [0.717, 1.165) is 5.56 Å². The fourth-order valence-electron chi connectivity index (χ4n) is 2.72. The lowest BCUT2D eigenvalue weighted by molar-refractivity contribution is 0.0668. The fourth-order valence-corrected chi connectivity index (χ4v) is 3.41. The van der Waals surface area contributed by atoms with E-state index in [-0.39, 0.29) is 17.5 Å². The van der Waals surface area contributed by atoms with Crippen molar-refractivity contribution in [3.63, 3.8) is 0 Å². The molecule has 0 atom stereocenters. The molecule has 2 N–H and O–H groups in total. The molecule has 0 radical (unpaired) electrons. The Kier molecular flexibility index (Phi) is 5.52. The Morgan fingerprint density at radius 1 is 1.00 bits per heavy atom. The number of urea groups is 1. The van der Waals surface area contributed by atoms with Gasteiger partial charge in [-0.3, -0.25) is 4.79 Å². The Morgan fingerprint density at radius 2 is 1.65 bits per heavy atom. The van der Waals surface area contributed by atoms with Crippen LogP contribution >= 0.6 is 11.3 Å². The molecule has 3 rings (SSSR count). The molecule has 0 aliphatic carbocycles. The van der Waals surface area contributed by atoms with Gasteiger partial charge in [0, 0.05) is 32.7 Å². The molecule has 1 aromatic carbocycles. The highest BCUT2D eigenvalue weighted by molar-refractivity contribution is 7.12. The molecule has 8 heteroatoms. The van der Waals surface area contributed by atoms with Gasteiger partial charge in [0.1, 0.15) is 0 Å². The number of carbonyl (C=O) groups excluding carboxylic acids is 2. The van der Waals surface area contributed by atoms with Gasteiger partial charge >= 0.3 is 12.0 Å². The van der Waals surface area contributed by atoms with Crippen LogP contribution < -0.4 is 5.32 Å². The average Bonchev–Trinajstić information content (AvgIpc) is 3.20. The molecule has 2 heterocycles. The van der Waals surface area contributed by atoms with Crippen molar-refractivity contribution in [2.24, 2.45) is 0 Å². The zero-order chi connectivity index (χ0) is 18.5. The summed E-state index contributed by atoms with van der Waals surface area (Å²) in [6.07, 6.45) is 0. The maximum Gasteiger partial charge on any atom is 0.335 e. The van der Waals surface area contributed by atoms with Crippen LogP contribution in [-0.2, 0) is 6.54 Å². The smallest absolute Gasteiger partial charge is 0.335 e. The predicted octanol–water partition coefficient (Wildman–Crippen LogP) is 2.11. The lowest BCUT2D eigenvalue weighted by atomic mass is 10.1. The molecule has 0 bridgehead atoms. The zero-order valence-corrected chi connectivity index (χ0v) is 14.9. The number of hydrogen-bond acceptors (Lipinski definition) is 4. The molecule has 136 valence electrons. The number of carboxylic acid groups (broad SMARTS) is 1. The summed E-state index contributed by atoms with van der Waals surface area (Å²) in [6.45, 7) is 2.32. The highest BCUT2D eigenvalue weighted by atomic mass is 32.1. The van der Waals surface area contributed by atoms with Crippen LogP contribution in [-0.4, -0.2) is 59.0 Å². The van der Waals surface area contributed by atoms with Crippen LogP contribution in [0.25, 0.3) is 0 Å². The van der Waals surface area contributed by atoms with Gasteiger partial charge in [-0.05, 0) is 29.1 Å². The van der Waals surface area contributed by atoms with E-state index in [2.05, 4.69) is 5.32 Å². The third-order valence-corrected chi connectivity index (χ3v) is 5.09. The maximum absolute atomic E-state index is 12.3. The minimum Gasteiger partial charge on any atom is -0.478 e. The summed E-state index contributed by atoms with van der Waals surface area (Å²) in [5, 5.41) is 13.6. The molecular formula is C18H19N3O4S. The van der Waals surface area contributed by atoms with Crippen molar-refractivity contribution in [3.8, 4) is 0 Å². The van der Waals surface area contributed by atoms with Crippen molar-refractivity contribution in [2.45, 2.75) is 6.54 Å². The highest BCUT2D eigenvalue weighted by Gasteiger charge is 2.25. The fraction of sp³-hybridized carbons (Fsp3) is 0.278. The number of amides is 3. The number of aromatic carboxylic acids is 1. The van der Waals surface area contributed by atoms with Gasteiger partial charge in [0.25, 0.3) is 5.91 Å². The Labute approximate surface area is 154 Å². The van der Waals surface area contributed by atoms with Crippen molar-refractivity contribution in [3.05, 3.63) is 57.8 Å². The van der Waals surface area contributed by atoms with Crippen molar-refractivity contribution in [1.29, 1.82) is 0 Å². The SMILES string of the molecule is O=C(O)c1ccc(CNC(=O)N2CCN(C(=O)c3cccs3)CC2)cc1. The largest absolute Gasteiger partial charge is 0.478 e. The number of rotatable bonds is 4. The molecule has 1 fully saturated rings. The van der Waals surface area contributed by atoms with E-state index in [1.54, 1.807) is 21.9 Å². The molecule has 1 aliphatic heterocycles. The molecule has 0 spiro atoms. The van der Waals surface area contributed by atoms with Gasteiger partial charge in [0.05, 0.1) is 10.4 Å². The van der Waals surface area contributed by atoms with Gasteiger partial charge in [0.2, 0.25) is 0 Å². The van der Waals surface area contributed by atoms with Gasteiger partial charge in [-0.1, -0.05) is 18.2 Å². The third kappa shape index (κ3) is 4.20. The monoisotopic (exact) mass is 373 g/mol. The minimum absolute atomic E-state index is 0.0126. The minimum atomic E-state index is -0.976. The second-order valence-corrected chi connectivity index (χ2v) is 6.87. The first-order valence-electron chi connectivity index (χ1n) is 8.22. The van der Waals surface area contributed by atoms with E-state index < -0.39 is 5.97 Å². The van der Waals surface area contributed by atoms with Gasteiger partial charge in [0.15, 0.2) is 0 Å². The number of benzene rings is 1. The third-order valence-electron chi connectivity index (χ3n) is 4.23. The standard InChI is InChI=1S/C18H19N3O4S/c22-16(15-2-1-11-26-15)20-7-9-21(10-8-20)18(25)19-12-13-3-5-14(6-4-13)17(23)24/h1-6,11H,7-10,12H2,(H,19,25)(H,23,24). The van der Waals surface area contributed by atoms with E-state index >= 15 is 0 Å². The molecular weight excluding hydrogens is 354 g/mol. The zero-order valence-electron chi connectivity index (χ0n) is 14.1. The van der Waals surface area contributed by atoms with Crippen LogP contribution in [0.5, 0.6) is 0 Å². The molecule has 26 heavy (non-hydrogen) atoms. The average molecular weight is 373 g/mol. The summed E-state index contributed by atoms with van der Waals surface area (Å²) in [6, 6.07) is 9.86. The van der Waals surface area contributed by atoms with E-state index in [0.29, 0.717) is 37.6 Å².